The molecule has 2 amide bonds. The standard InChI is InChI=1S/C25H26N4O2/c1-3-24(30)27-22-8-4-6-17-10-11-19(16-20(17)22)21-7-5-9-23(26-21)28-25(31)18-12-14-29(2)15-13-18/h3-11,16,18H,1,12-15H2,2H3,(H,27,30)(H,26,28,31). The average Bonchev–Trinajstić information content (AvgIpc) is 2.79. The summed E-state index contributed by atoms with van der Waals surface area (Å²) in [6.45, 7) is 5.39. The zero-order valence-electron chi connectivity index (χ0n) is 17.6. The number of nitrogens with zero attached hydrogens (tertiary/aromatic N) is 2. The summed E-state index contributed by atoms with van der Waals surface area (Å²) in [6.07, 6.45) is 2.98. The molecule has 6 nitrogen and oxygen atoms in total. The number of piperidine rings is 1. The number of hydrogen-bond acceptors (Lipinski definition) is 4. The van der Waals surface area contributed by atoms with E-state index < -0.39 is 0 Å². The van der Waals surface area contributed by atoms with Gasteiger partial charge in [0, 0.05) is 22.6 Å². The van der Waals surface area contributed by atoms with Crippen LogP contribution in [0.2, 0.25) is 0 Å². The number of amides is 2. The molecule has 4 rings (SSSR count). The highest BCUT2D eigenvalue weighted by molar-refractivity contribution is 6.06. The van der Waals surface area contributed by atoms with Crippen molar-refractivity contribution in [3.63, 3.8) is 0 Å². The summed E-state index contributed by atoms with van der Waals surface area (Å²) in [5.74, 6) is 0.355. The molecule has 0 spiro atoms. The first-order valence-electron chi connectivity index (χ1n) is 10.5. The molecule has 2 heterocycles. The lowest BCUT2D eigenvalue weighted by Crippen LogP contribution is -2.36. The number of benzene rings is 2. The molecule has 0 bridgehead atoms. The van der Waals surface area contributed by atoms with Gasteiger partial charge in [-0.05, 0) is 68.7 Å². The molecule has 2 aromatic carbocycles. The average molecular weight is 415 g/mol. The predicted molar refractivity (Wildman–Crippen MR) is 125 cm³/mol. The number of hydrogen-bond donors (Lipinski definition) is 2. The molecule has 0 radical (unpaired) electrons. The molecule has 3 aromatic rings. The van der Waals surface area contributed by atoms with Crippen molar-refractivity contribution in [3.05, 3.63) is 67.3 Å². The highest BCUT2D eigenvalue weighted by Crippen LogP contribution is 2.29. The normalized spacial score (nSPS) is 14.9. The van der Waals surface area contributed by atoms with Crippen LogP contribution >= 0.6 is 0 Å². The Balaban J connectivity index is 1.58. The van der Waals surface area contributed by atoms with Gasteiger partial charge in [-0.2, -0.15) is 0 Å². The van der Waals surface area contributed by atoms with Crippen LogP contribution < -0.4 is 10.6 Å². The smallest absolute Gasteiger partial charge is 0.247 e. The van der Waals surface area contributed by atoms with Gasteiger partial charge in [0.2, 0.25) is 11.8 Å². The Labute approximate surface area is 182 Å². The molecule has 0 saturated carbocycles. The van der Waals surface area contributed by atoms with Crippen LogP contribution in [0.15, 0.2) is 67.3 Å². The number of pyridine rings is 1. The van der Waals surface area contributed by atoms with Gasteiger partial charge in [0.25, 0.3) is 0 Å². The summed E-state index contributed by atoms with van der Waals surface area (Å²) < 4.78 is 0. The van der Waals surface area contributed by atoms with Crippen molar-refractivity contribution in [2.75, 3.05) is 30.8 Å². The van der Waals surface area contributed by atoms with E-state index in [2.05, 4.69) is 34.1 Å². The number of rotatable bonds is 5. The Hall–Kier alpha value is -3.51. The van der Waals surface area contributed by atoms with E-state index in [1.165, 1.54) is 6.08 Å². The Kier molecular flexibility index (Phi) is 6.09. The molecule has 1 aliphatic rings. The number of carbonyl (C=O) groups is 2. The van der Waals surface area contributed by atoms with Crippen molar-refractivity contribution in [1.29, 1.82) is 0 Å². The van der Waals surface area contributed by atoms with Gasteiger partial charge < -0.3 is 15.5 Å². The second-order valence-corrected chi connectivity index (χ2v) is 7.91. The third-order valence-corrected chi connectivity index (χ3v) is 5.71. The van der Waals surface area contributed by atoms with Gasteiger partial charge >= 0.3 is 0 Å². The topological polar surface area (TPSA) is 74.3 Å². The van der Waals surface area contributed by atoms with E-state index >= 15 is 0 Å². The van der Waals surface area contributed by atoms with Gasteiger partial charge in [0.15, 0.2) is 0 Å². The summed E-state index contributed by atoms with van der Waals surface area (Å²) in [6, 6.07) is 17.4. The van der Waals surface area contributed by atoms with Crippen LogP contribution in [0.5, 0.6) is 0 Å². The fourth-order valence-corrected chi connectivity index (χ4v) is 3.89. The quantitative estimate of drug-likeness (QED) is 0.610. The Morgan fingerprint density at radius 2 is 1.84 bits per heavy atom. The first-order chi connectivity index (χ1) is 15.0. The molecule has 0 unspecified atom stereocenters. The number of likely N-dealkylation sites (tertiary alicyclic amines) is 1. The minimum Gasteiger partial charge on any atom is -0.322 e. The summed E-state index contributed by atoms with van der Waals surface area (Å²) in [5, 5.41) is 7.76. The van der Waals surface area contributed by atoms with Gasteiger partial charge in [-0.3, -0.25) is 9.59 Å². The van der Waals surface area contributed by atoms with Crippen molar-refractivity contribution in [2.24, 2.45) is 5.92 Å². The van der Waals surface area contributed by atoms with Crippen LogP contribution in [-0.2, 0) is 9.59 Å². The fraction of sp³-hybridized carbons (Fsp3) is 0.240. The predicted octanol–water partition coefficient (Wildman–Crippen LogP) is 4.31. The van der Waals surface area contributed by atoms with Crippen LogP contribution in [0, 0.1) is 5.92 Å². The third-order valence-electron chi connectivity index (χ3n) is 5.71. The molecule has 31 heavy (non-hydrogen) atoms. The monoisotopic (exact) mass is 414 g/mol. The third kappa shape index (κ3) is 4.81. The van der Waals surface area contributed by atoms with Crippen molar-refractivity contribution in [2.45, 2.75) is 12.8 Å². The summed E-state index contributed by atoms with van der Waals surface area (Å²) in [5.41, 5.74) is 2.38. The minimum atomic E-state index is -0.255. The van der Waals surface area contributed by atoms with E-state index in [1.54, 1.807) is 0 Å². The van der Waals surface area contributed by atoms with E-state index in [0.717, 1.165) is 53.6 Å². The van der Waals surface area contributed by atoms with Gasteiger partial charge in [-0.25, -0.2) is 4.98 Å². The first kappa shape index (κ1) is 20.8. The maximum absolute atomic E-state index is 12.7. The fourth-order valence-electron chi connectivity index (χ4n) is 3.89. The van der Waals surface area contributed by atoms with Gasteiger partial charge in [-0.15, -0.1) is 0 Å². The molecule has 1 aromatic heterocycles. The van der Waals surface area contributed by atoms with Crippen LogP contribution in [0.4, 0.5) is 11.5 Å². The lowest BCUT2D eigenvalue weighted by molar-refractivity contribution is -0.121. The number of nitrogens with one attached hydrogen (secondary N) is 2. The largest absolute Gasteiger partial charge is 0.322 e. The maximum atomic E-state index is 12.7. The molecular formula is C25H26N4O2. The molecule has 2 N–H and O–H groups in total. The highest BCUT2D eigenvalue weighted by atomic mass is 16.2. The Bertz CT molecular complexity index is 1130. The van der Waals surface area contributed by atoms with Crippen molar-refractivity contribution >= 4 is 34.1 Å². The molecule has 1 aliphatic heterocycles. The van der Waals surface area contributed by atoms with Crippen LogP contribution in [-0.4, -0.2) is 41.8 Å². The van der Waals surface area contributed by atoms with Crippen molar-refractivity contribution in [3.8, 4) is 11.3 Å². The van der Waals surface area contributed by atoms with Crippen molar-refractivity contribution < 1.29 is 9.59 Å². The van der Waals surface area contributed by atoms with Crippen molar-refractivity contribution in [1.82, 2.24) is 9.88 Å². The van der Waals surface area contributed by atoms with E-state index in [-0.39, 0.29) is 17.7 Å². The molecule has 158 valence electrons. The summed E-state index contributed by atoms with van der Waals surface area (Å²) in [7, 11) is 2.08. The number of carbonyl (C=O) groups excluding carboxylic acids is 2. The zero-order chi connectivity index (χ0) is 21.8. The molecule has 6 heteroatoms. The number of anilines is 2. The number of fused-ring (bicyclic) bond motifs is 1. The van der Waals surface area contributed by atoms with E-state index in [1.807, 2.05) is 54.6 Å². The second-order valence-electron chi connectivity index (χ2n) is 7.91. The van der Waals surface area contributed by atoms with E-state index in [9.17, 15) is 9.59 Å². The van der Waals surface area contributed by atoms with Gasteiger partial charge in [-0.1, -0.05) is 36.9 Å². The second kappa shape index (κ2) is 9.10. The van der Waals surface area contributed by atoms with Gasteiger partial charge in [0.1, 0.15) is 5.82 Å². The molecular weight excluding hydrogens is 388 g/mol. The Morgan fingerprint density at radius 3 is 2.61 bits per heavy atom. The minimum absolute atomic E-state index is 0.0263. The lowest BCUT2D eigenvalue weighted by Gasteiger charge is -2.27. The summed E-state index contributed by atoms with van der Waals surface area (Å²) in [4.78, 5) is 31.4. The lowest BCUT2D eigenvalue weighted by atomic mass is 9.96. The highest BCUT2D eigenvalue weighted by Gasteiger charge is 2.23. The summed E-state index contributed by atoms with van der Waals surface area (Å²) >= 11 is 0. The first-order valence-corrected chi connectivity index (χ1v) is 10.5. The Morgan fingerprint density at radius 1 is 1.06 bits per heavy atom. The van der Waals surface area contributed by atoms with Crippen LogP contribution in [0.25, 0.3) is 22.0 Å². The zero-order valence-corrected chi connectivity index (χ0v) is 17.6. The molecule has 0 atom stereocenters. The van der Waals surface area contributed by atoms with E-state index in [0.29, 0.717) is 5.82 Å². The van der Waals surface area contributed by atoms with Crippen LogP contribution in [0.1, 0.15) is 12.8 Å². The molecule has 0 aliphatic carbocycles. The van der Waals surface area contributed by atoms with E-state index in [4.69, 9.17) is 0 Å². The number of aromatic nitrogens is 1. The van der Waals surface area contributed by atoms with Crippen LogP contribution in [0.3, 0.4) is 0 Å². The molecule has 1 fully saturated rings. The molecule has 1 saturated heterocycles. The SMILES string of the molecule is C=CC(=O)Nc1cccc2ccc(-c3cccc(NC(=O)C4CCN(C)CC4)n3)cc12. The van der Waals surface area contributed by atoms with Gasteiger partial charge in [0.05, 0.1) is 5.69 Å². The maximum Gasteiger partial charge on any atom is 0.247 e.